The van der Waals surface area contributed by atoms with Crippen LogP contribution in [0.25, 0.3) is 11.1 Å². The van der Waals surface area contributed by atoms with E-state index in [1.807, 2.05) is 4.72 Å². The van der Waals surface area contributed by atoms with Gasteiger partial charge in [0.2, 0.25) is 10.0 Å². The summed E-state index contributed by atoms with van der Waals surface area (Å²) in [5, 5.41) is 9.53. The fraction of sp³-hybridized carbons (Fsp3) is 0.235. The van der Waals surface area contributed by atoms with Crippen molar-refractivity contribution in [3.05, 3.63) is 42.0 Å². The number of hydrogen-bond acceptors (Lipinski definition) is 7. The van der Waals surface area contributed by atoms with Gasteiger partial charge in [-0.25, -0.2) is 26.2 Å². The average Bonchev–Trinajstić information content (AvgIpc) is 3.43. The Morgan fingerprint density at radius 1 is 1.13 bits per heavy atom. The van der Waals surface area contributed by atoms with Gasteiger partial charge in [0.1, 0.15) is 23.8 Å². The summed E-state index contributed by atoms with van der Waals surface area (Å²) in [6.07, 6.45) is 1.06. The molecule has 13 heteroatoms. The minimum atomic E-state index is -3.91. The predicted octanol–water partition coefficient (Wildman–Crippen LogP) is 2.76. The summed E-state index contributed by atoms with van der Waals surface area (Å²) >= 11 is 0. The lowest BCUT2D eigenvalue weighted by Gasteiger charge is -2.36. The highest BCUT2D eigenvalue weighted by Crippen LogP contribution is 2.51. The lowest BCUT2D eigenvalue weighted by atomic mass is 10.0. The fourth-order valence-corrected chi connectivity index (χ4v) is 5.67. The molecule has 2 aromatic rings. The third-order valence-corrected chi connectivity index (χ3v) is 7.97. The maximum atomic E-state index is 15.2. The molecular weight excluding hydrogens is 444 g/mol. The number of benzene rings is 2. The molecule has 1 amide bonds. The second kappa shape index (κ2) is 6.97. The van der Waals surface area contributed by atoms with E-state index in [2.05, 4.69) is 4.72 Å². The molecule has 2 aliphatic rings. The summed E-state index contributed by atoms with van der Waals surface area (Å²) in [7, 11) is -7.52. The Bertz CT molecular complexity index is 1150. The molecular formula is C17H17F2N3O6S2. The van der Waals surface area contributed by atoms with Crippen molar-refractivity contribution in [2.75, 3.05) is 15.6 Å². The molecule has 0 spiro atoms. The molecule has 2 aromatic carbocycles. The number of halogens is 2. The van der Waals surface area contributed by atoms with Crippen molar-refractivity contribution in [2.24, 2.45) is 0 Å². The summed E-state index contributed by atoms with van der Waals surface area (Å²) < 4.78 is 78.5. The monoisotopic (exact) mass is 461 g/mol. The Morgan fingerprint density at radius 3 is 2.37 bits per heavy atom. The van der Waals surface area contributed by atoms with Gasteiger partial charge in [0.05, 0.1) is 10.9 Å². The largest absolute Gasteiger partial charge is 0.506 e. The highest BCUT2D eigenvalue weighted by molar-refractivity contribution is 8.24. The summed E-state index contributed by atoms with van der Waals surface area (Å²) in [6.45, 7) is -0.624. The molecule has 9 nitrogen and oxygen atoms in total. The molecule has 30 heavy (non-hydrogen) atoms. The Morgan fingerprint density at radius 2 is 1.80 bits per heavy atom. The standard InChI is InChI=1S/C17H17F2N3O6S2/c18-13-7-9(20-29(25,26)10-2-3-10)1-4-11(13)12-5-6-14(23)17(16(12)19)22-8-15(24)21-30(22,27)28/h1,4-7,10,20,23,27-28H,2-3,8H2,(H,21,24). The van der Waals surface area contributed by atoms with Crippen LogP contribution in [0, 0.1) is 11.6 Å². The van der Waals surface area contributed by atoms with Crippen LogP contribution in [0.15, 0.2) is 30.3 Å². The van der Waals surface area contributed by atoms with Crippen molar-refractivity contribution in [3.63, 3.8) is 0 Å². The maximum absolute atomic E-state index is 15.2. The lowest BCUT2D eigenvalue weighted by molar-refractivity contribution is -0.117. The van der Waals surface area contributed by atoms with Gasteiger partial charge in [-0.2, -0.15) is 0 Å². The highest BCUT2D eigenvalue weighted by atomic mass is 32.3. The van der Waals surface area contributed by atoms with Gasteiger partial charge in [0.25, 0.3) is 5.91 Å². The third-order valence-electron chi connectivity index (χ3n) is 4.67. The van der Waals surface area contributed by atoms with Gasteiger partial charge in [-0.3, -0.25) is 18.6 Å². The molecule has 0 atom stereocenters. The number of nitrogens with one attached hydrogen (secondary N) is 2. The van der Waals surface area contributed by atoms with Crippen LogP contribution in [0.3, 0.4) is 0 Å². The number of carbonyl (C=O) groups excluding carboxylic acids is 1. The number of carbonyl (C=O) groups is 1. The topological polar surface area (TPSA) is 139 Å². The van der Waals surface area contributed by atoms with Crippen LogP contribution in [0.4, 0.5) is 20.2 Å². The van der Waals surface area contributed by atoms with Crippen LogP contribution in [0.2, 0.25) is 0 Å². The van der Waals surface area contributed by atoms with E-state index in [-0.39, 0.29) is 16.8 Å². The van der Waals surface area contributed by atoms with E-state index >= 15 is 4.39 Å². The molecule has 2 fully saturated rings. The molecule has 1 aliphatic heterocycles. The molecule has 0 radical (unpaired) electrons. The molecule has 5 N–H and O–H groups in total. The zero-order chi connectivity index (χ0) is 21.8. The minimum absolute atomic E-state index is 0.0222. The van der Waals surface area contributed by atoms with Crippen LogP contribution < -0.4 is 13.7 Å². The Kier molecular flexibility index (Phi) is 4.80. The zero-order valence-corrected chi connectivity index (χ0v) is 16.8. The van der Waals surface area contributed by atoms with E-state index in [9.17, 15) is 31.8 Å². The Balaban J connectivity index is 1.72. The number of hydrogen-bond donors (Lipinski definition) is 5. The van der Waals surface area contributed by atoms with Crippen molar-refractivity contribution in [1.82, 2.24) is 4.72 Å². The van der Waals surface area contributed by atoms with Crippen LogP contribution in [0.1, 0.15) is 12.8 Å². The molecule has 0 bridgehead atoms. The van der Waals surface area contributed by atoms with Crippen molar-refractivity contribution >= 4 is 38.3 Å². The van der Waals surface area contributed by atoms with Gasteiger partial charge < -0.3 is 5.11 Å². The van der Waals surface area contributed by atoms with Crippen molar-refractivity contribution in [3.8, 4) is 16.9 Å². The van der Waals surface area contributed by atoms with Crippen LogP contribution in [-0.4, -0.2) is 40.3 Å². The first kappa shape index (κ1) is 20.7. The second-order valence-corrected chi connectivity index (χ2v) is 10.6. The summed E-state index contributed by atoms with van der Waals surface area (Å²) in [4.78, 5) is 11.5. The van der Waals surface area contributed by atoms with Gasteiger partial charge in [-0.15, -0.1) is 0 Å². The molecule has 0 unspecified atom stereocenters. The van der Waals surface area contributed by atoms with E-state index in [0.717, 1.165) is 24.3 Å². The highest BCUT2D eigenvalue weighted by Gasteiger charge is 2.39. The molecule has 4 rings (SSSR count). The van der Waals surface area contributed by atoms with E-state index in [4.69, 9.17) is 0 Å². The number of phenols is 1. The van der Waals surface area contributed by atoms with Crippen molar-refractivity contribution in [2.45, 2.75) is 18.1 Å². The number of sulfonamides is 1. The number of amides is 1. The average molecular weight is 461 g/mol. The SMILES string of the molecule is O=C1CN(c2c(O)ccc(-c3ccc(NS(=O)(=O)C4CC4)cc3F)c2F)S(O)(O)N1. The molecule has 1 aliphatic carbocycles. The van der Waals surface area contributed by atoms with Crippen LogP contribution in [-0.2, 0) is 14.8 Å². The molecule has 162 valence electrons. The van der Waals surface area contributed by atoms with Gasteiger partial charge in [0, 0.05) is 11.1 Å². The molecule has 1 heterocycles. The maximum Gasteiger partial charge on any atom is 0.260 e. The molecule has 1 saturated heterocycles. The quantitative estimate of drug-likeness (QED) is 0.461. The zero-order valence-electron chi connectivity index (χ0n) is 15.2. The first-order chi connectivity index (χ1) is 14.0. The van der Waals surface area contributed by atoms with E-state index < -0.39 is 61.8 Å². The third kappa shape index (κ3) is 3.64. The van der Waals surface area contributed by atoms with Crippen molar-refractivity contribution < 1.29 is 36.2 Å². The minimum Gasteiger partial charge on any atom is -0.506 e. The van der Waals surface area contributed by atoms with Gasteiger partial charge in [0.15, 0.2) is 5.82 Å². The van der Waals surface area contributed by atoms with Crippen molar-refractivity contribution in [1.29, 1.82) is 0 Å². The van der Waals surface area contributed by atoms with Crippen LogP contribution >= 0.6 is 11.0 Å². The lowest BCUT2D eigenvalue weighted by Crippen LogP contribution is -2.26. The molecule has 0 aromatic heterocycles. The fourth-order valence-electron chi connectivity index (χ4n) is 3.09. The number of phenolic OH excluding ortho intramolecular Hbond substituents is 1. The van der Waals surface area contributed by atoms with E-state index in [1.54, 1.807) is 0 Å². The Labute approximate surface area is 172 Å². The van der Waals surface area contributed by atoms with Gasteiger partial charge >= 0.3 is 0 Å². The normalized spacial score (nSPS) is 19.5. The van der Waals surface area contributed by atoms with Gasteiger partial charge in [-0.1, -0.05) is 0 Å². The summed E-state index contributed by atoms with van der Waals surface area (Å²) in [5.41, 5.74) is -1.28. The van der Waals surface area contributed by atoms with Crippen LogP contribution in [0.5, 0.6) is 5.75 Å². The van der Waals surface area contributed by atoms with E-state index in [0.29, 0.717) is 17.1 Å². The van der Waals surface area contributed by atoms with E-state index in [1.165, 1.54) is 6.07 Å². The first-order valence-corrected chi connectivity index (χ1v) is 11.7. The van der Waals surface area contributed by atoms with Gasteiger partial charge in [-0.05, 0) is 54.1 Å². The first-order valence-electron chi connectivity index (χ1n) is 8.69. The second-order valence-electron chi connectivity index (χ2n) is 6.92. The summed E-state index contributed by atoms with van der Waals surface area (Å²) in [5.74, 6) is -3.60. The summed E-state index contributed by atoms with van der Waals surface area (Å²) in [6, 6.07) is 5.42. The smallest absolute Gasteiger partial charge is 0.260 e. The Hall–Kier alpha value is -2.61. The molecule has 1 saturated carbocycles. The number of anilines is 2. The predicted molar refractivity (Wildman–Crippen MR) is 107 cm³/mol. The number of aromatic hydroxyl groups is 1. The number of rotatable bonds is 5. The number of nitrogens with zero attached hydrogens (tertiary/aromatic N) is 1.